The van der Waals surface area contributed by atoms with E-state index in [1.54, 1.807) is 0 Å². The Hall–Kier alpha value is -0.220. The number of hydrazine groups is 1. The van der Waals surface area contributed by atoms with Gasteiger partial charge in [-0.05, 0) is 39.4 Å². The van der Waals surface area contributed by atoms with Crippen LogP contribution in [-0.2, 0) is 0 Å². The molecule has 0 radical (unpaired) electrons. The molecule has 1 saturated heterocycles. The van der Waals surface area contributed by atoms with Crippen LogP contribution in [0.2, 0.25) is 0 Å². The number of rotatable bonds is 2. The molecule has 0 aromatic heterocycles. The van der Waals surface area contributed by atoms with E-state index in [4.69, 9.17) is 5.84 Å². The van der Waals surface area contributed by atoms with Crippen molar-refractivity contribution in [3.63, 3.8) is 0 Å². The Balaban J connectivity index is 2.75. The summed E-state index contributed by atoms with van der Waals surface area (Å²) in [6.07, 6.45) is 2.44. The highest BCUT2D eigenvalue weighted by Gasteiger charge is 2.34. The van der Waals surface area contributed by atoms with E-state index in [1.165, 1.54) is 18.6 Å². The monoisotopic (exact) mass is 201 g/mol. The molecular formula is C9H19N3S. The lowest BCUT2D eigenvalue weighted by Crippen LogP contribution is -2.44. The first-order valence-corrected chi connectivity index (χ1v) is 5.76. The van der Waals surface area contributed by atoms with Crippen molar-refractivity contribution in [1.29, 1.82) is 0 Å². The maximum atomic E-state index is 5.49. The number of thioether (sulfide) groups is 1. The fourth-order valence-electron chi connectivity index (χ4n) is 1.55. The molecule has 3 nitrogen and oxygen atoms in total. The fraction of sp³-hybridized carbons (Fsp3) is 0.889. The molecule has 1 unspecified atom stereocenters. The van der Waals surface area contributed by atoms with Gasteiger partial charge in [0.2, 0.25) is 0 Å². The maximum absolute atomic E-state index is 5.49. The first kappa shape index (κ1) is 10.9. The van der Waals surface area contributed by atoms with Gasteiger partial charge in [0.15, 0.2) is 0 Å². The number of aliphatic imine (C=N–C) groups is 1. The molecular weight excluding hydrogens is 182 g/mol. The first-order chi connectivity index (χ1) is 6.08. The fourth-order valence-corrected chi connectivity index (χ4v) is 2.83. The number of nitrogens with one attached hydrogen (secondary N) is 1. The minimum atomic E-state index is 0.124. The van der Waals surface area contributed by atoms with E-state index >= 15 is 0 Å². The second-order valence-electron chi connectivity index (χ2n) is 3.90. The maximum Gasteiger partial charge on any atom is 0.127 e. The van der Waals surface area contributed by atoms with E-state index in [-0.39, 0.29) is 4.75 Å². The topological polar surface area (TPSA) is 50.4 Å². The molecule has 1 fully saturated rings. The van der Waals surface area contributed by atoms with Crippen LogP contribution in [-0.4, -0.2) is 22.4 Å². The third-order valence-electron chi connectivity index (χ3n) is 2.24. The molecule has 4 heteroatoms. The largest absolute Gasteiger partial charge is 0.311 e. The Bertz CT molecular complexity index is 195. The summed E-state index contributed by atoms with van der Waals surface area (Å²) in [4.78, 5) is 4.51. The smallest absolute Gasteiger partial charge is 0.127 e. The van der Waals surface area contributed by atoms with Crippen molar-refractivity contribution in [2.24, 2.45) is 10.8 Å². The van der Waals surface area contributed by atoms with E-state index in [0.29, 0.717) is 6.04 Å². The van der Waals surface area contributed by atoms with Gasteiger partial charge in [-0.2, -0.15) is 0 Å². The summed E-state index contributed by atoms with van der Waals surface area (Å²) in [7, 11) is 0. The molecule has 1 atom stereocenters. The summed E-state index contributed by atoms with van der Waals surface area (Å²) >= 11 is 1.95. The van der Waals surface area contributed by atoms with Crippen molar-refractivity contribution < 1.29 is 0 Å². The predicted molar refractivity (Wildman–Crippen MR) is 60.0 cm³/mol. The molecule has 0 spiro atoms. The van der Waals surface area contributed by atoms with Crippen LogP contribution in [0.1, 0.15) is 33.6 Å². The summed E-state index contributed by atoms with van der Waals surface area (Å²) in [5, 5.41) is 0. The van der Waals surface area contributed by atoms with Gasteiger partial charge < -0.3 is 5.43 Å². The normalized spacial score (nSPS) is 29.8. The lowest BCUT2D eigenvalue weighted by atomic mass is 10.0. The summed E-state index contributed by atoms with van der Waals surface area (Å²) in [5.41, 5.74) is 2.74. The summed E-state index contributed by atoms with van der Waals surface area (Å²) in [6.45, 7) is 6.35. The molecule has 0 aliphatic carbocycles. The Morgan fingerprint density at radius 3 is 2.69 bits per heavy atom. The quantitative estimate of drug-likeness (QED) is 0.308. The highest BCUT2D eigenvalue weighted by molar-refractivity contribution is 8.01. The number of hydrogen-bond acceptors (Lipinski definition) is 3. The molecule has 1 heterocycles. The number of nitrogens with two attached hydrogens (primary N) is 1. The number of nitrogens with zero attached hydrogens (tertiary/aromatic N) is 1. The molecule has 1 rings (SSSR count). The van der Waals surface area contributed by atoms with Crippen molar-refractivity contribution in [2.45, 2.75) is 44.4 Å². The molecule has 0 aromatic carbocycles. The Morgan fingerprint density at radius 1 is 1.62 bits per heavy atom. The van der Waals surface area contributed by atoms with Crippen LogP contribution in [0.25, 0.3) is 0 Å². The minimum Gasteiger partial charge on any atom is -0.311 e. The molecule has 76 valence electrons. The molecule has 1 aliphatic rings. The zero-order valence-electron chi connectivity index (χ0n) is 8.63. The van der Waals surface area contributed by atoms with Crippen LogP contribution >= 0.6 is 11.8 Å². The van der Waals surface area contributed by atoms with Gasteiger partial charge in [-0.1, -0.05) is 0 Å². The first-order valence-electron chi connectivity index (χ1n) is 4.77. The van der Waals surface area contributed by atoms with Gasteiger partial charge in [0.25, 0.3) is 0 Å². The van der Waals surface area contributed by atoms with Crippen LogP contribution in [0.3, 0.4) is 0 Å². The van der Waals surface area contributed by atoms with Gasteiger partial charge in [-0.3, -0.25) is 4.99 Å². The average Bonchev–Trinajstić information content (AvgIpc) is 2.48. The van der Waals surface area contributed by atoms with Crippen LogP contribution in [0.5, 0.6) is 0 Å². The SMILES string of the molecule is CC(C)N=C(NN)C1(C)CCCS1. The third-order valence-corrected chi connectivity index (χ3v) is 3.77. The van der Waals surface area contributed by atoms with E-state index in [2.05, 4.69) is 31.2 Å². The van der Waals surface area contributed by atoms with Gasteiger partial charge in [0, 0.05) is 6.04 Å². The standard InChI is InChI=1S/C9H19N3S/c1-7(2)11-8(12-10)9(3)5-4-6-13-9/h7H,4-6,10H2,1-3H3,(H,11,12). The van der Waals surface area contributed by atoms with Crippen molar-refractivity contribution >= 4 is 17.6 Å². The summed E-state index contributed by atoms with van der Waals surface area (Å²) in [5.74, 6) is 7.66. The van der Waals surface area contributed by atoms with E-state index < -0.39 is 0 Å². The Kier molecular flexibility index (Phi) is 3.62. The van der Waals surface area contributed by atoms with Crippen LogP contribution in [0.15, 0.2) is 4.99 Å². The van der Waals surface area contributed by atoms with Crippen molar-refractivity contribution in [3.05, 3.63) is 0 Å². The highest BCUT2D eigenvalue weighted by Crippen LogP contribution is 2.38. The molecule has 0 bridgehead atoms. The second-order valence-corrected chi connectivity index (χ2v) is 5.50. The Morgan fingerprint density at radius 2 is 2.31 bits per heavy atom. The van der Waals surface area contributed by atoms with Crippen molar-refractivity contribution in [1.82, 2.24) is 5.43 Å². The number of hydrogen-bond donors (Lipinski definition) is 2. The van der Waals surface area contributed by atoms with Crippen molar-refractivity contribution in [2.75, 3.05) is 5.75 Å². The van der Waals surface area contributed by atoms with E-state index in [0.717, 1.165) is 5.84 Å². The number of amidine groups is 1. The molecule has 13 heavy (non-hydrogen) atoms. The second kappa shape index (κ2) is 4.33. The lowest BCUT2D eigenvalue weighted by Gasteiger charge is -2.25. The predicted octanol–water partition coefficient (Wildman–Crippen LogP) is 1.54. The summed E-state index contributed by atoms with van der Waals surface area (Å²) in [6, 6.07) is 0.309. The lowest BCUT2D eigenvalue weighted by molar-refractivity contribution is 0.706. The molecule has 3 N–H and O–H groups in total. The zero-order chi connectivity index (χ0) is 9.90. The molecule has 0 amide bonds. The van der Waals surface area contributed by atoms with E-state index in [9.17, 15) is 0 Å². The minimum absolute atomic E-state index is 0.124. The zero-order valence-corrected chi connectivity index (χ0v) is 9.45. The van der Waals surface area contributed by atoms with E-state index in [1.807, 2.05) is 11.8 Å². The van der Waals surface area contributed by atoms with Gasteiger partial charge in [-0.15, -0.1) is 11.8 Å². The van der Waals surface area contributed by atoms with Crippen LogP contribution < -0.4 is 11.3 Å². The van der Waals surface area contributed by atoms with Gasteiger partial charge >= 0.3 is 0 Å². The highest BCUT2D eigenvalue weighted by atomic mass is 32.2. The van der Waals surface area contributed by atoms with Crippen LogP contribution in [0.4, 0.5) is 0 Å². The average molecular weight is 201 g/mol. The third kappa shape index (κ3) is 2.61. The molecule has 0 saturated carbocycles. The Labute approximate surface area is 84.5 Å². The van der Waals surface area contributed by atoms with Crippen molar-refractivity contribution in [3.8, 4) is 0 Å². The van der Waals surface area contributed by atoms with Gasteiger partial charge in [0.1, 0.15) is 5.84 Å². The van der Waals surface area contributed by atoms with Gasteiger partial charge in [0.05, 0.1) is 4.75 Å². The molecule has 1 aliphatic heterocycles. The summed E-state index contributed by atoms with van der Waals surface area (Å²) < 4.78 is 0.124. The van der Waals surface area contributed by atoms with Crippen LogP contribution in [0, 0.1) is 0 Å². The van der Waals surface area contributed by atoms with Gasteiger partial charge in [-0.25, -0.2) is 5.84 Å². The molecule has 0 aromatic rings.